The van der Waals surface area contributed by atoms with Gasteiger partial charge in [-0.2, -0.15) is 5.10 Å². The maximum absolute atomic E-state index is 13.7. The molecule has 0 saturated heterocycles. The van der Waals surface area contributed by atoms with Crippen molar-refractivity contribution in [3.63, 3.8) is 0 Å². The third kappa shape index (κ3) is 2.71. The predicted molar refractivity (Wildman–Crippen MR) is 81.7 cm³/mol. The van der Waals surface area contributed by atoms with Gasteiger partial charge in [0.2, 0.25) is 0 Å². The first kappa shape index (κ1) is 13.5. The van der Waals surface area contributed by atoms with E-state index in [2.05, 4.69) is 10.4 Å². The highest BCUT2D eigenvalue weighted by molar-refractivity contribution is 5.66. The molecule has 0 saturated carbocycles. The molecule has 0 amide bonds. The van der Waals surface area contributed by atoms with E-state index in [1.807, 2.05) is 54.2 Å². The summed E-state index contributed by atoms with van der Waals surface area (Å²) < 4.78 is 15.5. The van der Waals surface area contributed by atoms with Crippen molar-refractivity contribution in [3.05, 3.63) is 72.2 Å². The van der Waals surface area contributed by atoms with Crippen LogP contribution in [0, 0.1) is 5.82 Å². The molecule has 21 heavy (non-hydrogen) atoms. The van der Waals surface area contributed by atoms with E-state index in [0.717, 1.165) is 22.5 Å². The first-order valence-corrected chi connectivity index (χ1v) is 6.82. The predicted octanol–water partition coefficient (Wildman–Crippen LogP) is 3.40. The van der Waals surface area contributed by atoms with Gasteiger partial charge in [-0.05, 0) is 42.9 Å². The maximum atomic E-state index is 13.7. The van der Waals surface area contributed by atoms with Crippen molar-refractivity contribution in [1.82, 2.24) is 15.1 Å². The molecule has 0 radical (unpaired) electrons. The number of hydrogen-bond donors (Lipinski definition) is 1. The standard InChI is InChI=1S/C17H16FN3/c1-19-12-13-7-8-14(18)11-16(13)17-9-10-20-21(17)15-5-3-2-4-6-15/h2-11,19H,12H2,1H3. The normalized spacial score (nSPS) is 10.8. The molecule has 4 heteroatoms. The lowest BCUT2D eigenvalue weighted by Crippen LogP contribution is -2.08. The van der Waals surface area contributed by atoms with Crippen LogP contribution in [0.25, 0.3) is 16.9 Å². The molecule has 3 nitrogen and oxygen atoms in total. The number of nitrogens with zero attached hydrogens (tertiary/aromatic N) is 2. The molecule has 0 fully saturated rings. The Morgan fingerprint density at radius 1 is 1.10 bits per heavy atom. The number of rotatable bonds is 4. The summed E-state index contributed by atoms with van der Waals surface area (Å²) in [4.78, 5) is 0. The average molecular weight is 281 g/mol. The summed E-state index contributed by atoms with van der Waals surface area (Å²) in [5.41, 5.74) is 3.73. The van der Waals surface area contributed by atoms with Gasteiger partial charge in [-0.15, -0.1) is 0 Å². The molecule has 106 valence electrons. The lowest BCUT2D eigenvalue weighted by molar-refractivity contribution is 0.626. The van der Waals surface area contributed by atoms with E-state index in [1.54, 1.807) is 12.3 Å². The maximum Gasteiger partial charge on any atom is 0.123 e. The van der Waals surface area contributed by atoms with Crippen LogP contribution in [-0.4, -0.2) is 16.8 Å². The summed E-state index contributed by atoms with van der Waals surface area (Å²) in [7, 11) is 1.88. The molecule has 0 aliphatic rings. The van der Waals surface area contributed by atoms with Crippen molar-refractivity contribution in [2.45, 2.75) is 6.54 Å². The Bertz CT molecular complexity index is 735. The van der Waals surface area contributed by atoms with E-state index < -0.39 is 0 Å². The van der Waals surface area contributed by atoms with Crippen LogP contribution in [0.15, 0.2) is 60.8 Å². The number of nitrogens with one attached hydrogen (secondary N) is 1. The third-order valence-corrected chi connectivity index (χ3v) is 3.36. The Hall–Kier alpha value is -2.46. The third-order valence-electron chi connectivity index (χ3n) is 3.36. The molecule has 3 rings (SSSR count). The van der Waals surface area contributed by atoms with Gasteiger partial charge < -0.3 is 5.32 Å². The lowest BCUT2D eigenvalue weighted by atomic mass is 10.0. The fourth-order valence-electron chi connectivity index (χ4n) is 2.41. The van der Waals surface area contributed by atoms with Gasteiger partial charge in [-0.3, -0.25) is 0 Å². The van der Waals surface area contributed by atoms with Gasteiger partial charge in [0.25, 0.3) is 0 Å². The lowest BCUT2D eigenvalue weighted by Gasteiger charge is -2.12. The average Bonchev–Trinajstić information content (AvgIpc) is 2.99. The van der Waals surface area contributed by atoms with Crippen molar-refractivity contribution in [2.75, 3.05) is 7.05 Å². The molecule has 0 atom stereocenters. The number of benzene rings is 2. The fourth-order valence-corrected chi connectivity index (χ4v) is 2.41. The number of halogens is 1. The van der Waals surface area contributed by atoms with E-state index in [1.165, 1.54) is 6.07 Å². The zero-order chi connectivity index (χ0) is 14.7. The van der Waals surface area contributed by atoms with Crippen LogP contribution in [0.5, 0.6) is 0 Å². The van der Waals surface area contributed by atoms with Crippen LogP contribution >= 0.6 is 0 Å². The quantitative estimate of drug-likeness (QED) is 0.794. The molecule has 2 aromatic carbocycles. The fraction of sp³-hybridized carbons (Fsp3) is 0.118. The zero-order valence-corrected chi connectivity index (χ0v) is 11.8. The largest absolute Gasteiger partial charge is 0.316 e. The summed E-state index contributed by atoms with van der Waals surface area (Å²) >= 11 is 0. The highest BCUT2D eigenvalue weighted by atomic mass is 19.1. The van der Waals surface area contributed by atoms with Gasteiger partial charge in [-0.1, -0.05) is 24.3 Å². The van der Waals surface area contributed by atoms with Crippen molar-refractivity contribution < 1.29 is 4.39 Å². The molecular weight excluding hydrogens is 265 g/mol. The second-order valence-electron chi connectivity index (χ2n) is 4.80. The van der Waals surface area contributed by atoms with E-state index in [4.69, 9.17) is 0 Å². The van der Waals surface area contributed by atoms with Crippen LogP contribution in [0.1, 0.15) is 5.56 Å². The molecule has 0 aliphatic carbocycles. The minimum Gasteiger partial charge on any atom is -0.316 e. The van der Waals surface area contributed by atoms with Gasteiger partial charge >= 0.3 is 0 Å². The molecule has 1 aromatic heterocycles. The van der Waals surface area contributed by atoms with Crippen molar-refractivity contribution in [3.8, 4) is 16.9 Å². The number of para-hydroxylation sites is 1. The SMILES string of the molecule is CNCc1ccc(F)cc1-c1ccnn1-c1ccccc1. The van der Waals surface area contributed by atoms with Gasteiger partial charge in [0, 0.05) is 12.1 Å². The Labute approximate surface area is 123 Å². The van der Waals surface area contributed by atoms with Crippen molar-refractivity contribution >= 4 is 0 Å². The smallest absolute Gasteiger partial charge is 0.123 e. The molecule has 1 N–H and O–H groups in total. The molecule has 3 aromatic rings. The number of hydrogen-bond acceptors (Lipinski definition) is 2. The van der Waals surface area contributed by atoms with Gasteiger partial charge in [0.1, 0.15) is 5.82 Å². The molecule has 0 spiro atoms. The highest BCUT2D eigenvalue weighted by Gasteiger charge is 2.12. The topological polar surface area (TPSA) is 29.9 Å². The highest BCUT2D eigenvalue weighted by Crippen LogP contribution is 2.26. The molecule has 0 aliphatic heterocycles. The van der Waals surface area contributed by atoms with Crippen LogP contribution in [0.4, 0.5) is 4.39 Å². The molecular formula is C17H16FN3. The van der Waals surface area contributed by atoms with Crippen LogP contribution in [0.3, 0.4) is 0 Å². The van der Waals surface area contributed by atoms with E-state index in [9.17, 15) is 4.39 Å². The molecule has 0 unspecified atom stereocenters. The number of aromatic nitrogens is 2. The van der Waals surface area contributed by atoms with Gasteiger partial charge in [0.15, 0.2) is 0 Å². The van der Waals surface area contributed by atoms with Crippen LogP contribution in [-0.2, 0) is 6.54 Å². The van der Waals surface area contributed by atoms with E-state index in [-0.39, 0.29) is 5.82 Å². The summed E-state index contributed by atoms with van der Waals surface area (Å²) in [5, 5.41) is 7.48. The van der Waals surface area contributed by atoms with Crippen molar-refractivity contribution in [2.24, 2.45) is 0 Å². The second-order valence-corrected chi connectivity index (χ2v) is 4.80. The molecule has 1 heterocycles. The zero-order valence-electron chi connectivity index (χ0n) is 11.8. The Balaban J connectivity index is 2.14. The Morgan fingerprint density at radius 3 is 2.67 bits per heavy atom. The Morgan fingerprint density at radius 2 is 1.90 bits per heavy atom. The minimum atomic E-state index is -0.245. The minimum absolute atomic E-state index is 0.245. The van der Waals surface area contributed by atoms with Crippen LogP contribution < -0.4 is 5.32 Å². The Kier molecular flexibility index (Phi) is 3.79. The van der Waals surface area contributed by atoms with Crippen LogP contribution in [0.2, 0.25) is 0 Å². The summed E-state index contributed by atoms with van der Waals surface area (Å²) in [6, 6.07) is 16.6. The monoisotopic (exact) mass is 281 g/mol. The van der Waals surface area contributed by atoms with Gasteiger partial charge in [0.05, 0.1) is 17.6 Å². The van der Waals surface area contributed by atoms with Crippen molar-refractivity contribution in [1.29, 1.82) is 0 Å². The molecule has 0 bridgehead atoms. The first-order valence-electron chi connectivity index (χ1n) is 6.82. The second kappa shape index (κ2) is 5.89. The van der Waals surface area contributed by atoms with E-state index in [0.29, 0.717) is 6.54 Å². The summed E-state index contributed by atoms with van der Waals surface area (Å²) in [6.07, 6.45) is 1.73. The first-order chi connectivity index (χ1) is 10.3. The summed E-state index contributed by atoms with van der Waals surface area (Å²) in [6.45, 7) is 0.676. The summed E-state index contributed by atoms with van der Waals surface area (Å²) in [5.74, 6) is -0.245. The van der Waals surface area contributed by atoms with E-state index >= 15 is 0 Å². The van der Waals surface area contributed by atoms with Gasteiger partial charge in [-0.25, -0.2) is 9.07 Å².